The Morgan fingerprint density at radius 3 is 1.68 bits per heavy atom. The minimum absolute atomic E-state index is 0.364. The van der Waals surface area contributed by atoms with Crippen molar-refractivity contribution in [3.63, 3.8) is 0 Å². The van der Waals surface area contributed by atoms with Crippen LogP contribution in [0.2, 0.25) is 0 Å². The van der Waals surface area contributed by atoms with Crippen molar-refractivity contribution in [3.8, 4) is 28.0 Å². The number of hydrogen-bond acceptors (Lipinski definition) is 1. The van der Waals surface area contributed by atoms with Gasteiger partial charge in [-0.3, -0.25) is 0 Å². The number of aryl methyl sites for hydroxylation is 3. The van der Waals surface area contributed by atoms with Gasteiger partial charge in [-0.1, -0.05) is 60.7 Å². The Morgan fingerprint density at radius 2 is 1.09 bits per heavy atom. The molecular weight excluding hydrogens is 268 g/mol. The van der Waals surface area contributed by atoms with Crippen molar-refractivity contribution in [1.82, 2.24) is 0 Å². The lowest BCUT2D eigenvalue weighted by molar-refractivity contribution is 0.479. The van der Waals surface area contributed by atoms with E-state index in [1.54, 1.807) is 0 Å². The lowest BCUT2D eigenvalue weighted by Crippen LogP contribution is -1.91. The van der Waals surface area contributed by atoms with Crippen LogP contribution in [0.5, 0.6) is 5.75 Å². The number of aromatic hydroxyl groups is 1. The van der Waals surface area contributed by atoms with Gasteiger partial charge in [0.1, 0.15) is 5.75 Å². The summed E-state index contributed by atoms with van der Waals surface area (Å²) in [5.74, 6) is 0.364. The zero-order valence-corrected chi connectivity index (χ0v) is 13.2. The molecule has 1 N–H and O–H groups in total. The first-order valence-corrected chi connectivity index (χ1v) is 7.54. The molecule has 3 rings (SSSR count). The summed E-state index contributed by atoms with van der Waals surface area (Å²) in [6.45, 7) is 6.19. The predicted molar refractivity (Wildman–Crippen MR) is 93.2 cm³/mol. The molecule has 0 amide bonds. The number of benzene rings is 3. The Bertz CT molecular complexity index is 831. The molecule has 3 aromatic carbocycles. The maximum atomic E-state index is 10.9. The second-order valence-electron chi connectivity index (χ2n) is 5.78. The maximum absolute atomic E-state index is 10.9. The van der Waals surface area contributed by atoms with Crippen LogP contribution in [0.4, 0.5) is 0 Å². The van der Waals surface area contributed by atoms with Gasteiger partial charge in [0.15, 0.2) is 0 Å². The second-order valence-corrected chi connectivity index (χ2v) is 5.78. The van der Waals surface area contributed by atoms with Gasteiger partial charge in [0.05, 0.1) is 0 Å². The topological polar surface area (TPSA) is 20.2 Å². The highest BCUT2D eigenvalue weighted by atomic mass is 16.3. The van der Waals surface area contributed by atoms with Crippen LogP contribution in [-0.2, 0) is 0 Å². The summed E-state index contributed by atoms with van der Waals surface area (Å²) in [6, 6.07) is 20.4. The molecule has 3 aromatic rings. The maximum Gasteiger partial charge on any atom is 0.131 e. The Hall–Kier alpha value is -2.54. The fourth-order valence-electron chi connectivity index (χ4n) is 2.98. The van der Waals surface area contributed by atoms with Crippen molar-refractivity contribution in [3.05, 3.63) is 77.4 Å². The van der Waals surface area contributed by atoms with Crippen molar-refractivity contribution in [1.29, 1.82) is 0 Å². The summed E-state index contributed by atoms with van der Waals surface area (Å²) in [5.41, 5.74) is 7.41. The van der Waals surface area contributed by atoms with E-state index in [1.807, 2.05) is 37.3 Å². The molecule has 0 aliphatic rings. The van der Waals surface area contributed by atoms with Gasteiger partial charge in [0.2, 0.25) is 0 Å². The van der Waals surface area contributed by atoms with Crippen molar-refractivity contribution >= 4 is 0 Å². The fourth-order valence-corrected chi connectivity index (χ4v) is 2.98. The van der Waals surface area contributed by atoms with Gasteiger partial charge in [-0.05, 0) is 48.6 Å². The van der Waals surface area contributed by atoms with Crippen LogP contribution in [0.25, 0.3) is 22.3 Å². The molecule has 0 aliphatic carbocycles. The van der Waals surface area contributed by atoms with E-state index in [0.29, 0.717) is 5.75 Å². The van der Waals surface area contributed by atoms with Crippen molar-refractivity contribution in [2.75, 3.05) is 0 Å². The predicted octanol–water partition coefficient (Wildman–Crippen LogP) is 5.65. The molecule has 1 nitrogen and oxygen atoms in total. The lowest BCUT2D eigenvalue weighted by Gasteiger charge is -2.16. The Balaban J connectivity index is 2.28. The molecule has 22 heavy (non-hydrogen) atoms. The van der Waals surface area contributed by atoms with Crippen LogP contribution in [0.1, 0.15) is 16.7 Å². The zero-order chi connectivity index (χ0) is 15.7. The van der Waals surface area contributed by atoms with E-state index in [2.05, 4.69) is 44.2 Å². The summed E-state index contributed by atoms with van der Waals surface area (Å²) in [6.07, 6.45) is 0. The van der Waals surface area contributed by atoms with Crippen LogP contribution in [-0.4, -0.2) is 5.11 Å². The van der Waals surface area contributed by atoms with E-state index < -0.39 is 0 Å². The molecule has 0 spiro atoms. The van der Waals surface area contributed by atoms with Crippen LogP contribution in [0, 0.1) is 20.8 Å². The average molecular weight is 288 g/mol. The van der Waals surface area contributed by atoms with E-state index in [9.17, 15) is 5.11 Å². The molecule has 110 valence electrons. The van der Waals surface area contributed by atoms with Gasteiger partial charge in [0.25, 0.3) is 0 Å². The highest BCUT2D eigenvalue weighted by molar-refractivity contribution is 5.86. The summed E-state index contributed by atoms with van der Waals surface area (Å²) in [5, 5.41) is 10.9. The quantitative estimate of drug-likeness (QED) is 0.646. The van der Waals surface area contributed by atoms with Gasteiger partial charge >= 0.3 is 0 Å². The first-order chi connectivity index (χ1) is 10.6. The average Bonchev–Trinajstić information content (AvgIpc) is 2.50. The number of phenols is 1. The number of hydrogen-bond donors (Lipinski definition) is 1. The van der Waals surface area contributed by atoms with Gasteiger partial charge in [-0.15, -0.1) is 0 Å². The minimum atomic E-state index is 0.364. The Kier molecular flexibility index (Phi) is 3.72. The van der Waals surface area contributed by atoms with Gasteiger partial charge in [-0.25, -0.2) is 0 Å². The van der Waals surface area contributed by atoms with Crippen LogP contribution < -0.4 is 0 Å². The highest BCUT2D eigenvalue weighted by Crippen LogP contribution is 2.42. The van der Waals surface area contributed by atoms with E-state index in [0.717, 1.165) is 33.4 Å². The lowest BCUT2D eigenvalue weighted by atomic mass is 9.90. The molecule has 0 aromatic heterocycles. The molecule has 0 fully saturated rings. The van der Waals surface area contributed by atoms with Gasteiger partial charge < -0.3 is 5.11 Å². The standard InChI is InChI=1S/C21H20O/c1-14-8-4-6-10-17(14)19-13-12-16(3)20(21(19)22)18-11-7-5-9-15(18)2/h4-13,22H,1-3H3. The molecule has 0 atom stereocenters. The van der Waals surface area contributed by atoms with Crippen molar-refractivity contribution in [2.24, 2.45) is 0 Å². The zero-order valence-electron chi connectivity index (χ0n) is 13.2. The third kappa shape index (κ3) is 2.39. The van der Waals surface area contributed by atoms with Crippen molar-refractivity contribution < 1.29 is 5.11 Å². The van der Waals surface area contributed by atoms with Gasteiger partial charge in [0, 0.05) is 11.1 Å². The fraction of sp³-hybridized carbons (Fsp3) is 0.143. The Morgan fingerprint density at radius 1 is 0.545 bits per heavy atom. The van der Waals surface area contributed by atoms with Crippen LogP contribution >= 0.6 is 0 Å². The second kappa shape index (κ2) is 5.69. The van der Waals surface area contributed by atoms with E-state index in [4.69, 9.17) is 0 Å². The third-order valence-electron chi connectivity index (χ3n) is 4.24. The molecular formula is C21H20O. The molecule has 0 saturated carbocycles. The molecule has 0 saturated heterocycles. The van der Waals surface area contributed by atoms with Gasteiger partial charge in [-0.2, -0.15) is 0 Å². The Labute approximate surface area is 131 Å². The normalized spacial score (nSPS) is 10.7. The smallest absolute Gasteiger partial charge is 0.131 e. The number of rotatable bonds is 2. The third-order valence-corrected chi connectivity index (χ3v) is 4.24. The monoisotopic (exact) mass is 288 g/mol. The first-order valence-electron chi connectivity index (χ1n) is 7.54. The molecule has 0 bridgehead atoms. The van der Waals surface area contributed by atoms with E-state index in [-0.39, 0.29) is 0 Å². The molecule has 1 heteroatoms. The highest BCUT2D eigenvalue weighted by Gasteiger charge is 2.15. The summed E-state index contributed by atoms with van der Waals surface area (Å²) in [7, 11) is 0. The SMILES string of the molecule is Cc1ccccc1-c1ccc(C)c(-c2ccccc2C)c1O. The van der Waals surface area contributed by atoms with Crippen LogP contribution in [0.15, 0.2) is 60.7 Å². The van der Waals surface area contributed by atoms with Crippen LogP contribution in [0.3, 0.4) is 0 Å². The first kappa shape index (κ1) is 14.4. The van der Waals surface area contributed by atoms with Crippen molar-refractivity contribution in [2.45, 2.75) is 20.8 Å². The number of phenolic OH excluding ortho intramolecular Hbond substituents is 1. The summed E-state index contributed by atoms with van der Waals surface area (Å²) >= 11 is 0. The van der Waals surface area contributed by atoms with E-state index in [1.165, 1.54) is 5.56 Å². The molecule has 0 radical (unpaired) electrons. The summed E-state index contributed by atoms with van der Waals surface area (Å²) < 4.78 is 0. The van der Waals surface area contributed by atoms with E-state index >= 15 is 0 Å². The minimum Gasteiger partial charge on any atom is -0.507 e. The summed E-state index contributed by atoms with van der Waals surface area (Å²) in [4.78, 5) is 0. The molecule has 0 heterocycles. The largest absolute Gasteiger partial charge is 0.507 e. The molecule has 0 aliphatic heterocycles. The molecule has 0 unspecified atom stereocenters.